The number of nitrogens with one attached hydrogen (secondary N) is 2. The Hall–Kier alpha value is -10.5. The Morgan fingerprint density at radius 2 is 1.16 bits per heavy atom. The summed E-state index contributed by atoms with van der Waals surface area (Å²) in [4.78, 5) is 71.9. The van der Waals surface area contributed by atoms with Gasteiger partial charge in [0.25, 0.3) is 17.6 Å². The molecule has 17 heteroatoms. The second kappa shape index (κ2) is 26.2. The van der Waals surface area contributed by atoms with E-state index in [4.69, 9.17) is 34.1 Å². The quantitative estimate of drug-likeness (QED) is 0.0146. The lowest BCUT2D eigenvalue weighted by Crippen LogP contribution is -2.12. The number of carboxylic acid groups (broad SMARTS) is 1. The molecule has 0 fully saturated rings. The molecular formula is C64H46Cl2N5O10-. The number of nitrogens with zero attached hydrogens (tertiary/aromatic N) is 2. The predicted molar refractivity (Wildman–Crippen MR) is 317 cm³/mol. The maximum Gasteiger partial charge on any atom is 0.335 e. The molecule has 11 aromatic rings. The number of Topliss-reactive ketones (excluding diaryl/α,β-unsaturated/α-hetero) is 2. The molecule has 0 radical (unpaired) electrons. The number of aromatic nitrogens is 1. The molecule has 6 N–H and O–H groups in total. The molecule has 0 saturated heterocycles. The van der Waals surface area contributed by atoms with Crippen molar-refractivity contribution in [3.05, 3.63) is 233 Å². The molecule has 0 bridgehead atoms. The number of oxime groups is 1. The van der Waals surface area contributed by atoms with E-state index in [0.29, 0.717) is 49.0 Å². The van der Waals surface area contributed by atoms with Gasteiger partial charge in [0.1, 0.15) is 6.21 Å². The first-order chi connectivity index (χ1) is 39.1. The molecule has 0 spiro atoms. The van der Waals surface area contributed by atoms with Crippen LogP contribution in [0.15, 0.2) is 211 Å². The van der Waals surface area contributed by atoms with Gasteiger partial charge >= 0.3 is 11.9 Å². The van der Waals surface area contributed by atoms with E-state index in [0.717, 1.165) is 49.6 Å². The van der Waals surface area contributed by atoms with Crippen LogP contribution in [-0.2, 0) is 19.1 Å². The van der Waals surface area contributed by atoms with E-state index >= 15 is 0 Å². The minimum atomic E-state index is -1.26. The van der Waals surface area contributed by atoms with Crippen LogP contribution in [-0.4, -0.2) is 63.4 Å². The van der Waals surface area contributed by atoms with Gasteiger partial charge in [0.2, 0.25) is 0 Å². The molecule has 81 heavy (non-hydrogen) atoms. The van der Waals surface area contributed by atoms with Crippen LogP contribution in [0, 0.1) is 0 Å². The van der Waals surface area contributed by atoms with Crippen molar-refractivity contribution in [2.45, 2.75) is 6.92 Å². The molecule has 0 aliphatic carbocycles. The zero-order chi connectivity index (χ0) is 57.6. The average molecular weight is 1120 g/mol. The third kappa shape index (κ3) is 13.8. The van der Waals surface area contributed by atoms with E-state index < -0.39 is 35.3 Å². The standard InChI is InChI=1S/C20H12ClNO3.C12H10N2O2.C12H7NO2.C10H9ClO3.C10H9N/c21-13-8-5-12(6-9-13)17-19(23)16(20(24)25)15-10-7-11-3-1-2-4-14(11)18(15)22-17;15-12(8-13-16)14-11-7-3-5-9-4-1-2-6-10(9)11;14-11-9-6-5-7-3-1-2-4-8(7)10(9)13-12(11)15;1-7(12)14-6-10(13)8-2-4-9(11)5-3-8;11-10-7-3-5-8-4-1-2-6-9(8)10/h1-10,23H,(H,24,25);1-8,16H,(H,14,15);1-6H,(H,13,14,15);2-5H,6H2,1H3;1-7H,11H2/p-1/b;13-8+;;;. The van der Waals surface area contributed by atoms with Gasteiger partial charge in [0.15, 0.2) is 12.4 Å². The first kappa shape index (κ1) is 56.7. The summed E-state index contributed by atoms with van der Waals surface area (Å²) in [5.74, 6) is -4.01. The van der Waals surface area contributed by atoms with Crippen molar-refractivity contribution in [3.63, 3.8) is 0 Å². The summed E-state index contributed by atoms with van der Waals surface area (Å²) < 4.78 is 4.57. The maximum absolute atomic E-state index is 12.8. The molecule has 1 aliphatic rings. The molecular weight excluding hydrogens is 1070 g/mol. The van der Waals surface area contributed by atoms with E-state index in [2.05, 4.69) is 37.6 Å². The molecule has 12 rings (SSSR count). The Morgan fingerprint density at radius 1 is 0.642 bits per heavy atom. The van der Waals surface area contributed by atoms with E-state index in [1.807, 2.05) is 121 Å². The van der Waals surface area contributed by atoms with E-state index in [1.54, 1.807) is 72.8 Å². The fourth-order valence-electron chi connectivity index (χ4n) is 8.57. The summed E-state index contributed by atoms with van der Waals surface area (Å²) in [6, 6.07) is 62.6. The number of carbonyl (C=O) groups is 6. The van der Waals surface area contributed by atoms with Gasteiger partial charge < -0.3 is 36.5 Å². The number of amides is 2. The number of hydrogen-bond donors (Lipinski definition) is 5. The van der Waals surface area contributed by atoms with Gasteiger partial charge in [-0.25, -0.2) is 9.78 Å². The summed E-state index contributed by atoms with van der Waals surface area (Å²) in [6.07, 6.45) is 0.821. The van der Waals surface area contributed by atoms with Crippen molar-refractivity contribution in [2.75, 3.05) is 23.0 Å². The molecule has 2 heterocycles. The summed E-state index contributed by atoms with van der Waals surface area (Å²) in [7, 11) is 0. The molecule has 1 aliphatic heterocycles. The van der Waals surface area contributed by atoms with Crippen LogP contribution in [0.4, 0.5) is 17.1 Å². The molecule has 15 nitrogen and oxygen atoms in total. The van der Waals surface area contributed by atoms with Crippen LogP contribution in [0.5, 0.6) is 5.75 Å². The van der Waals surface area contributed by atoms with Crippen LogP contribution in [0.2, 0.25) is 10.0 Å². The first-order valence-corrected chi connectivity index (χ1v) is 25.4. The number of nitrogen functional groups attached to an aromatic ring is 1. The Balaban J connectivity index is 0.000000137. The number of esters is 1. The van der Waals surface area contributed by atoms with Crippen LogP contribution in [0.25, 0.3) is 65.3 Å². The number of aromatic carboxylic acids is 1. The van der Waals surface area contributed by atoms with Gasteiger partial charge in [-0.2, -0.15) is 0 Å². The summed E-state index contributed by atoms with van der Waals surface area (Å²) in [5.41, 5.74) is 9.78. The zero-order valence-corrected chi connectivity index (χ0v) is 44.3. The van der Waals surface area contributed by atoms with Gasteiger partial charge in [0, 0.05) is 60.8 Å². The monoisotopic (exact) mass is 1110 g/mol. The number of rotatable bonds is 7. The third-order valence-corrected chi connectivity index (χ3v) is 12.9. The van der Waals surface area contributed by atoms with E-state index in [1.165, 1.54) is 12.3 Å². The lowest BCUT2D eigenvalue weighted by Gasteiger charge is -2.19. The molecule has 0 saturated carbocycles. The molecule has 0 atom stereocenters. The predicted octanol–water partition coefficient (Wildman–Crippen LogP) is 13.2. The number of ether oxygens (including phenoxy) is 1. The highest BCUT2D eigenvalue weighted by molar-refractivity contribution is 6.53. The zero-order valence-electron chi connectivity index (χ0n) is 42.8. The fraction of sp³-hybridized carbons (Fsp3) is 0.0312. The number of benzene rings is 10. The number of halogens is 2. The highest BCUT2D eigenvalue weighted by atomic mass is 35.5. The topological polar surface area (TPSA) is 250 Å². The van der Waals surface area contributed by atoms with Gasteiger partial charge in [-0.05, 0) is 81.7 Å². The van der Waals surface area contributed by atoms with Crippen molar-refractivity contribution < 1.29 is 48.9 Å². The van der Waals surface area contributed by atoms with Crippen LogP contribution < -0.4 is 21.5 Å². The van der Waals surface area contributed by atoms with Crippen LogP contribution in [0.3, 0.4) is 0 Å². The number of carboxylic acids is 1. The SMILES string of the molecule is CC(=O)OCC(=O)c1ccc(Cl)cc1.Nc1cccc2ccccc12.O=C(/C=N/O)Nc1cccc2ccccc12.O=C(O)c1c([O-])c(-c2ccc(Cl)cc2)nc2c1ccc1ccccc12.O=C1Nc2c(ccc3ccccc23)C1=O. The van der Waals surface area contributed by atoms with Gasteiger partial charge in [-0.15, -0.1) is 0 Å². The van der Waals surface area contributed by atoms with Crippen LogP contribution in [0.1, 0.15) is 38.0 Å². The molecule has 0 unspecified atom stereocenters. The number of carbonyl (C=O) groups excluding carboxylic acids is 5. The van der Waals surface area contributed by atoms with Crippen molar-refractivity contribution in [2.24, 2.45) is 5.16 Å². The number of nitrogens with two attached hydrogens (primary N) is 1. The Bertz CT molecular complexity index is 4220. The summed E-state index contributed by atoms with van der Waals surface area (Å²) in [6.45, 7) is 1.03. The lowest BCUT2D eigenvalue weighted by molar-refractivity contribution is -0.268. The Morgan fingerprint density at radius 3 is 1.77 bits per heavy atom. The third-order valence-electron chi connectivity index (χ3n) is 12.4. The maximum atomic E-state index is 12.8. The van der Waals surface area contributed by atoms with Crippen molar-refractivity contribution >= 4 is 136 Å². The second-order valence-corrected chi connectivity index (χ2v) is 18.6. The molecule has 2 amide bonds. The highest BCUT2D eigenvalue weighted by Crippen LogP contribution is 2.37. The van der Waals surface area contributed by atoms with Gasteiger partial charge in [-0.3, -0.25) is 24.0 Å². The number of fused-ring (bicyclic) bond motifs is 8. The second-order valence-electron chi connectivity index (χ2n) is 17.7. The van der Waals surface area contributed by atoms with E-state index in [-0.39, 0.29) is 23.6 Å². The summed E-state index contributed by atoms with van der Waals surface area (Å²) >= 11 is 11.5. The molecule has 1 aromatic heterocycles. The van der Waals surface area contributed by atoms with Crippen LogP contribution >= 0.6 is 23.2 Å². The minimum Gasteiger partial charge on any atom is -0.870 e. The van der Waals surface area contributed by atoms with Crippen molar-refractivity contribution in [3.8, 4) is 17.0 Å². The number of hydrogen-bond acceptors (Lipinski definition) is 12. The Labute approximate surface area is 472 Å². The Kier molecular flexibility index (Phi) is 18.4. The first-order valence-electron chi connectivity index (χ1n) is 24.6. The fourth-order valence-corrected chi connectivity index (χ4v) is 8.82. The minimum absolute atomic E-state index is 0.109. The highest BCUT2D eigenvalue weighted by Gasteiger charge is 2.29. The number of anilines is 3. The number of ketones is 2. The summed E-state index contributed by atoms with van der Waals surface area (Å²) in [5, 5.41) is 47.9. The molecule has 10 aromatic carbocycles. The normalized spacial score (nSPS) is 11.2. The molecule has 402 valence electrons. The average Bonchev–Trinajstić information content (AvgIpc) is 4.00. The number of pyridine rings is 1. The van der Waals surface area contributed by atoms with Crippen molar-refractivity contribution in [1.29, 1.82) is 0 Å². The van der Waals surface area contributed by atoms with Gasteiger partial charge in [0.05, 0.1) is 28.0 Å². The van der Waals surface area contributed by atoms with E-state index in [9.17, 15) is 39.0 Å². The van der Waals surface area contributed by atoms with Gasteiger partial charge in [-0.1, -0.05) is 186 Å². The lowest BCUT2D eigenvalue weighted by atomic mass is 9.99. The van der Waals surface area contributed by atoms with Crippen molar-refractivity contribution in [1.82, 2.24) is 4.98 Å². The smallest absolute Gasteiger partial charge is 0.335 e. The largest absolute Gasteiger partial charge is 0.870 e.